The van der Waals surface area contributed by atoms with Crippen LogP contribution in [0.1, 0.15) is 38.5 Å². The maximum atomic E-state index is 12.7. The zero-order valence-electron chi connectivity index (χ0n) is 11.2. The van der Waals surface area contributed by atoms with E-state index in [1.165, 1.54) is 17.7 Å². The summed E-state index contributed by atoms with van der Waals surface area (Å²) in [5.74, 6) is 0.588. The smallest absolute Gasteiger partial charge is 0.238 e. The highest BCUT2D eigenvalue weighted by atomic mass is 16.2. The molecule has 3 fully saturated rings. The topological polar surface area (TPSA) is 40.6 Å². The number of carbonyl (C=O) groups is 2. The van der Waals surface area contributed by atoms with Crippen LogP contribution in [0, 0.1) is 11.8 Å². The number of amides is 2. The molecule has 0 spiro atoms. The first-order valence-electron chi connectivity index (χ1n) is 7.56. The molecule has 0 aliphatic carbocycles. The van der Waals surface area contributed by atoms with Crippen molar-refractivity contribution in [1.29, 1.82) is 0 Å². The van der Waals surface area contributed by atoms with E-state index in [9.17, 15) is 9.59 Å². The van der Waals surface area contributed by atoms with Gasteiger partial charge in [-0.15, -0.1) is 0 Å². The number of allylic oxidation sites excluding steroid dienone is 1. The summed E-state index contributed by atoms with van der Waals surface area (Å²) in [6, 6.07) is 0.397. The molecular formula is C15H20N2O2. The number of carbonyl (C=O) groups excluding carboxylic acids is 2. The van der Waals surface area contributed by atoms with Gasteiger partial charge in [-0.1, -0.05) is 12.5 Å². The summed E-state index contributed by atoms with van der Waals surface area (Å²) in [7, 11) is 0. The molecule has 0 aromatic rings. The van der Waals surface area contributed by atoms with Gasteiger partial charge in [0, 0.05) is 30.6 Å². The molecular weight excluding hydrogens is 240 g/mol. The van der Waals surface area contributed by atoms with Gasteiger partial charge in [-0.2, -0.15) is 0 Å². The quantitative estimate of drug-likeness (QED) is 0.620. The molecule has 0 aromatic heterocycles. The molecule has 4 heterocycles. The van der Waals surface area contributed by atoms with Crippen LogP contribution in [0.3, 0.4) is 0 Å². The Morgan fingerprint density at radius 3 is 3.00 bits per heavy atom. The lowest BCUT2D eigenvalue weighted by Gasteiger charge is -2.52. The third kappa shape index (κ3) is 1.62. The van der Waals surface area contributed by atoms with Crippen molar-refractivity contribution in [2.24, 2.45) is 11.8 Å². The highest BCUT2D eigenvalue weighted by Crippen LogP contribution is 2.43. The van der Waals surface area contributed by atoms with Crippen molar-refractivity contribution < 1.29 is 9.59 Å². The third-order valence-corrected chi connectivity index (χ3v) is 5.30. The van der Waals surface area contributed by atoms with Crippen molar-refractivity contribution in [3.05, 3.63) is 11.8 Å². The normalized spacial score (nSPS) is 38.6. The fourth-order valence-corrected chi connectivity index (χ4v) is 4.46. The average molecular weight is 260 g/mol. The Morgan fingerprint density at radius 1 is 1.21 bits per heavy atom. The highest BCUT2D eigenvalue weighted by molar-refractivity contribution is 6.00. The number of piperidine rings is 3. The minimum atomic E-state index is 0.0291. The second-order valence-corrected chi connectivity index (χ2v) is 6.33. The first-order valence-corrected chi connectivity index (χ1v) is 7.56. The number of nitrogens with zero attached hydrogens (tertiary/aromatic N) is 2. The van der Waals surface area contributed by atoms with E-state index in [1.54, 1.807) is 0 Å². The van der Waals surface area contributed by atoms with E-state index >= 15 is 0 Å². The molecule has 3 unspecified atom stereocenters. The van der Waals surface area contributed by atoms with Crippen molar-refractivity contribution in [1.82, 2.24) is 9.80 Å². The molecule has 3 atom stereocenters. The van der Waals surface area contributed by atoms with Gasteiger partial charge in [0.05, 0.1) is 5.92 Å². The van der Waals surface area contributed by atoms with Crippen LogP contribution in [0.4, 0.5) is 0 Å². The van der Waals surface area contributed by atoms with Crippen LogP contribution in [0.5, 0.6) is 0 Å². The lowest BCUT2D eigenvalue weighted by atomic mass is 9.73. The minimum Gasteiger partial charge on any atom is -0.299 e. The lowest BCUT2D eigenvalue weighted by molar-refractivity contribution is -0.154. The van der Waals surface area contributed by atoms with Gasteiger partial charge in [-0.3, -0.25) is 19.4 Å². The fraction of sp³-hybridized carbons (Fsp3) is 0.733. The van der Waals surface area contributed by atoms with Crippen LogP contribution in [-0.2, 0) is 9.59 Å². The Hall–Kier alpha value is -1.16. The molecule has 3 saturated heterocycles. The van der Waals surface area contributed by atoms with Gasteiger partial charge in [-0.25, -0.2) is 0 Å². The fourth-order valence-electron chi connectivity index (χ4n) is 4.46. The molecule has 0 N–H and O–H groups in total. The molecule has 4 aliphatic heterocycles. The average Bonchev–Trinajstić information content (AvgIpc) is 2.44. The predicted octanol–water partition coefficient (Wildman–Crippen LogP) is 1.52. The Kier molecular flexibility index (Phi) is 2.56. The van der Waals surface area contributed by atoms with E-state index in [2.05, 4.69) is 11.0 Å². The summed E-state index contributed by atoms with van der Waals surface area (Å²) in [5, 5.41) is 0. The van der Waals surface area contributed by atoms with Crippen LogP contribution < -0.4 is 0 Å². The molecule has 2 bridgehead atoms. The predicted molar refractivity (Wildman–Crippen MR) is 70.0 cm³/mol. The maximum absolute atomic E-state index is 12.7. The maximum Gasteiger partial charge on any atom is 0.238 e. The SMILES string of the molecule is O=C1CCC=C2C3CC(C(=O)N12)C1CCCCN1C3. The monoisotopic (exact) mass is 260 g/mol. The van der Waals surface area contributed by atoms with Gasteiger partial charge in [0.25, 0.3) is 0 Å². The summed E-state index contributed by atoms with van der Waals surface area (Å²) in [5.41, 5.74) is 1.02. The molecule has 4 nitrogen and oxygen atoms in total. The number of imide groups is 1. The van der Waals surface area contributed by atoms with Crippen LogP contribution in [-0.4, -0.2) is 40.7 Å². The van der Waals surface area contributed by atoms with Crippen LogP contribution in [0.15, 0.2) is 11.8 Å². The second-order valence-electron chi connectivity index (χ2n) is 6.33. The zero-order valence-corrected chi connectivity index (χ0v) is 11.2. The van der Waals surface area contributed by atoms with Gasteiger partial charge < -0.3 is 0 Å². The van der Waals surface area contributed by atoms with Gasteiger partial charge >= 0.3 is 0 Å². The van der Waals surface area contributed by atoms with Gasteiger partial charge in [0.2, 0.25) is 11.8 Å². The van der Waals surface area contributed by atoms with Crippen molar-refractivity contribution in [3.8, 4) is 0 Å². The summed E-state index contributed by atoms with van der Waals surface area (Å²) in [6.45, 7) is 2.18. The second kappa shape index (κ2) is 4.17. The van der Waals surface area contributed by atoms with Crippen molar-refractivity contribution >= 4 is 11.8 Å². The number of hydrogen-bond donors (Lipinski definition) is 0. The van der Waals surface area contributed by atoms with E-state index < -0.39 is 0 Å². The van der Waals surface area contributed by atoms with Gasteiger partial charge in [0.1, 0.15) is 0 Å². The lowest BCUT2D eigenvalue weighted by Crippen LogP contribution is -2.61. The Balaban J connectivity index is 1.72. The third-order valence-electron chi connectivity index (χ3n) is 5.30. The molecule has 19 heavy (non-hydrogen) atoms. The number of hydrogen-bond acceptors (Lipinski definition) is 3. The van der Waals surface area contributed by atoms with Crippen molar-refractivity contribution in [3.63, 3.8) is 0 Å². The van der Waals surface area contributed by atoms with Crippen LogP contribution in [0.25, 0.3) is 0 Å². The van der Waals surface area contributed by atoms with Crippen LogP contribution >= 0.6 is 0 Å². The molecule has 0 saturated carbocycles. The van der Waals surface area contributed by atoms with Gasteiger partial charge in [-0.05, 0) is 32.2 Å². The first-order chi connectivity index (χ1) is 9.25. The molecule has 0 aromatic carbocycles. The van der Waals surface area contributed by atoms with Crippen molar-refractivity contribution in [2.45, 2.75) is 44.6 Å². The molecule has 0 radical (unpaired) electrons. The van der Waals surface area contributed by atoms with E-state index in [0.717, 1.165) is 38.0 Å². The summed E-state index contributed by atoms with van der Waals surface area (Å²) < 4.78 is 0. The minimum absolute atomic E-state index is 0.0291. The molecule has 102 valence electrons. The van der Waals surface area contributed by atoms with E-state index in [0.29, 0.717) is 18.4 Å². The first kappa shape index (κ1) is 11.6. The van der Waals surface area contributed by atoms with Gasteiger partial charge in [0.15, 0.2) is 0 Å². The molecule has 4 heteroatoms. The van der Waals surface area contributed by atoms with E-state index in [-0.39, 0.29) is 17.7 Å². The molecule has 2 amide bonds. The molecule has 4 aliphatic rings. The largest absolute Gasteiger partial charge is 0.299 e. The number of rotatable bonds is 0. The van der Waals surface area contributed by atoms with E-state index in [1.807, 2.05) is 0 Å². The summed E-state index contributed by atoms with van der Waals surface area (Å²) >= 11 is 0. The van der Waals surface area contributed by atoms with Crippen LogP contribution in [0.2, 0.25) is 0 Å². The Morgan fingerprint density at radius 2 is 2.11 bits per heavy atom. The number of fused-ring (bicyclic) bond motifs is 6. The zero-order chi connectivity index (χ0) is 13.0. The standard InChI is InChI=1S/C15H20N2O2/c18-14-6-3-5-12-10-8-11(15(19)17(12)14)13-4-1-2-7-16(13)9-10/h5,10-11,13H,1-4,6-9H2. The highest BCUT2D eigenvalue weighted by Gasteiger charge is 2.50. The summed E-state index contributed by atoms with van der Waals surface area (Å²) in [6.07, 6.45) is 8.02. The van der Waals surface area contributed by atoms with E-state index in [4.69, 9.17) is 0 Å². The molecule has 4 rings (SSSR count). The van der Waals surface area contributed by atoms with Crippen molar-refractivity contribution in [2.75, 3.05) is 13.1 Å². The Bertz CT molecular complexity index is 471. The Labute approximate surface area is 113 Å². The summed E-state index contributed by atoms with van der Waals surface area (Å²) in [4.78, 5) is 28.8.